The number of hydrogen-bond donors (Lipinski definition) is 1. The minimum Gasteiger partial charge on any atom is -0.366 e. The monoisotopic (exact) mass is 329 g/mol. The van der Waals surface area contributed by atoms with Crippen molar-refractivity contribution in [3.63, 3.8) is 0 Å². The highest BCUT2D eigenvalue weighted by Crippen LogP contribution is 2.26. The topological polar surface area (TPSA) is 55.1 Å². The van der Waals surface area contributed by atoms with Gasteiger partial charge in [0.05, 0.1) is 6.20 Å². The van der Waals surface area contributed by atoms with Gasteiger partial charge in [-0.2, -0.15) is 9.61 Å². The first-order valence-electron chi connectivity index (χ1n) is 8.26. The maximum absolute atomic E-state index is 4.70. The molecule has 0 saturated heterocycles. The van der Waals surface area contributed by atoms with Crippen LogP contribution in [0.5, 0.6) is 0 Å². The molecule has 0 radical (unpaired) electrons. The Morgan fingerprint density at radius 3 is 2.64 bits per heavy atom. The second-order valence-electron chi connectivity index (χ2n) is 6.16. The van der Waals surface area contributed by atoms with Gasteiger partial charge in [0.25, 0.3) is 0 Å². The summed E-state index contributed by atoms with van der Waals surface area (Å²) in [5.74, 6) is 0.921. The summed E-state index contributed by atoms with van der Waals surface area (Å²) >= 11 is 0. The maximum atomic E-state index is 4.70. The molecule has 3 aromatic heterocycles. The number of rotatable bonds is 4. The third kappa shape index (κ3) is 3.08. The van der Waals surface area contributed by atoms with E-state index in [1.807, 2.05) is 42.0 Å². The van der Waals surface area contributed by atoms with Crippen molar-refractivity contribution in [1.29, 1.82) is 0 Å². The summed E-state index contributed by atoms with van der Waals surface area (Å²) in [6.07, 6.45) is 5.51. The second kappa shape index (κ2) is 6.36. The van der Waals surface area contributed by atoms with Crippen LogP contribution in [0, 0.1) is 13.8 Å². The standard InChI is InChI=1S/C20H19N5/c1-14-5-7-17(8-6-14)18-13-23-25-19(10-15(2)24-20(18)25)22-12-16-4-3-9-21-11-16/h3-11,13,22H,12H2,1-2H3. The van der Waals surface area contributed by atoms with Gasteiger partial charge in [-0.1, -0.05) is 35.9 Å². The SMILES string of the molecule is Cc1ccc(-c2cnn3c(NCc4cccnc4)cc(C)nc23)cc1. The highest BCUT2D eigenvalue weighted by Gasteiger charge is 2.12. The molecule has 0 unspecified atom stereocenters. The Morgan fingerprint density at radius 1 is 1.04 bits per heavy atom. The molecule has 0 fully saturated rings. The van der Waals surface area contributed by atoms with Crippen LogP contribution in [0.25, 0.3) is 16.8 Å². The Bertz CT molecular complexity index is 1000. The molecule has 0 amide bonds. The molecule has 124 valence electrons. The van der Waals surface area contributed by atoms with Crippen molar-refractivity contribution in [3.8, 4) is 11.1 Å². The summed E-state index contributed by atoms with van der Waals surface area (Å²) in [5, 5.41) is 7.99. The molecular formula is C20H19N5. The van der Waals surface area contributed by atoms with E-state index >= 15 is 0 Å². The minimum absolute atomic E-state index is 0.687. The van der Waals surface area contributed by atoms with Crippen LogP contribution in [0.1, 0.15) is 16.8 Å². The van der Waals surface area contributed by atoms with Crippen molar-refractivity contribution < 1.29 is 0 Å². The molecule has 1 aromatic carbocycles. The van der Waals surface area contributed by atoms with Gasteiger partial charge in [0, 0.05) is 36.3 Å². The largest absolute Gasteiger partial charge is 0.366 e. The van der Waals surface area contributed by atoms with Crippen LogP contribution >= 0.6 is 0 Å². The molecule has 0 saturated carbocycles. The fraction of sp³-hybridized carbons (Fsp3) is 0.150. The Balaban J connectivity index is 1.72. The van der Waals surface area contributed by atoms with Gasteiger partial charge in [0.1, 0.15) is 5.82 Å². The number of fused-ring (bicyclic) bond motifs is 1. The zero-order valence-electron chi connectivity index (χ0n) is 14.3. The molecule has 0 aliphatic rings. The first kappa shape index (κ1) is 15.3. The van der Waals surface area contributed by atoms with Crippen molar-refractivity contribution in [3.05, 3.63) is 77.9 Å². The van der Waals surface area contributed by atoms with Gasteiger partial charge in [0.15, 0.2) is 5.65 Å². The lowest BCUT2D eigenvalue weighted by molar-refractivity contribution is 0.916. The van der Waals surface area contributed by atoms with Crippen LogP contribution in [-0.2, 0) is 6.54 Å². The number of benzene rings is 1. The van der Waals surface area contributed by atoms with Crippen molar-refractivity contribution in [2.75, 3.05) is 5.32 Å². The minimum atomic E-state index is 0.687. The summed E-state index contributed by atoms with van der Waals surface area (Å²) in [6.45, 7) is 4.77. The van der Waals surface area contributed by atoms with Gasteiger partial charge >= 0.3 is 0 Å². The van der Waals surface area contributed by atoms with Crippen LogP contribution in [0.15, 0.2) is 61.1 Å². The molecular weight excluding hydrogens is 310 g/mol. The lowest BCUT2D eigenvalue weighted by Crippen LogP contribution is -2.07. The summed E-state index contributed by atoms with van der Waals surface area (Å²) in [6, 6.07) is 14.4. The van der Waals surface area contributed by atoms with E-state index in [4.69, 9.17) is 4.98 Å². The fourth-order valence-corrected chi connectivity index (χ4v) is 2.84. The quantitative estimate of drug-likeness (QED) is 0.614. The number of aromatic nitrogens is 4. The van der Waals surface area contributed by atoms with Gasteiger partial charge in [-0.15, -0.1) is 0 Å². The third-order valence-electron chi connectivity index (χ3n) is 4.16. The average molecular weight is 329 g/mol. The molecule has 4 rings (SSSR count). The smallest absolute Gasteiger partial charge is 0.165 e. The van der Waals surface area contributed by atoms with E-state index in [-0.39, 0.29) is 0 Å². The molecule has 0 spiro atoms. The zero-order chi connectivity index (χ0) is 17.2. The van der Waals surface area contributed by atoms with Crippen molar-refractivity contribution in [2.24, 2.45) is 0 Å². The highest BCUT2D eigenvalue weighted by molar-refractivity contribution is 5.78. The lowest BCUT2D eigenvalue weighted by Gasteiger charge is -2.10. The molecule has 5 heteroatoms. The van der Waals surface area contributed by atoms with Crippen LogP contribution in [0.2, 0.25) is 0 Å². The van der Waals surface area contributed by atoms with Gasteiger partial charge in [0.2, 0.25) is 0 Å². The fourth-order valence-electron chi connectivity index (χ4n) is 2.84. The van der Waals surface area contributed by atoms with E-state index < -0.39 is 0 Å². The van der Waals surface area contributed by atoms with Crippen molar-refractivity contribution >= 4 is 11.5 Å². The number of hydrogen-bond acceptors (Lipinski definition) is 4. The van der Waals surface area contributed by atoms with Crippen molar-refractivity contribution in [2.45, 2.75) is 20.4 Å². The molecule has 0 bridgehead atoms. The average Bonchev–Trinajstić information content (AvgIpc) is 3.05. The molecule has 25 heavy (non-hydrogen) atoms. The van der Waals surface area contributed by atoms with E-state index in [1.165, 1.54) is 5.56 Å². The van der Waals surface area contributed by atoms with Crippen LogP contribution < -0.4 is 5.32 Å². The van der Waals surface area contributed by atoms with E-state index in [2.05, 4.69) is 46.6 Å². The third-order valence-corrected chi connectivity index (χ3v) is 4.16. The second-order valence-corrected chi connectivity index (χ2v) is 6.16. The van der Waals surface area contributed by atoms with E-state index in [9.17, 15) is 0 Å². The van der Waals surface area contributed by atoms with E-state index in [1.54, 1.807) is 6.20 Å². The Kier molecular flexibility index (Phi) is 3.90. The van der Waals surface area contributed by atoms with Gasteiger partial charge < -0.3 is 5.32 Å². The van der Waals surface area contributed by atoms with Gasteiger partial charge in [-0.05, 0) is 31.0 Å². The van der Waals surface area contributed by atoms with Gasteiger partial charge in [-0.25, -0.2) is 4.98 Å². The molecule has 0 atom stereocenters. The Hall–Kier alpha value is -3.21. The lowest BCUT2D eigenvalue weighted by atomic mass is 10.1. The predicted molar refractivity (Wildman–Crippen MR) is 99.5 cm³/mol. The molecule has 4 aromatic rings. The normalized spacial score (nSPS) is 11.0. The molecule has 3 heterocycles. The molecule has 0 aliphatic heterocycles. The number of aryl methyl sites for hydroxylation is 2. The summed E-state index contributed by atoms with van der Waals surface area (Å²) in [4.78, 5) is 8.85. The van der Waals surface area contributed by atoms with Crippen LogP contribution in [0.3, 0.4) is 0 Å². The Morgan fingerprint density at radius 2 is 1.88 bits per heavy atom. The summed E-state index contributed by atoms with van der Waals surface area (Å²) in [7, 11) is 0. The van der Waals surface area contributed by atoms with Crippen molar-refractivity contribution in [1.82, 2.24) is 19.6 Å². The first-order valence-corrected chi connectivity index (χ1v) is 8.26. The van der Waals surface area contributed by atoms with Gasteiger partial charge in [-0.3, -0.25) is 4.98 Å². The van der Waals surface area contributed by atoms with E-state index in [0.717, 1.165) is 33.8 Å². The van der Waals surface area contributed by atoms with Crippen LogP contribution in [0.4, 0.5) is 5.82 Å². The molecule has 5 nitrogen and oxygen atoms in total. The van der Waals surface area contributed by atoms with E-state index in [0.29, 0.717) is 6.54 Å². The predicted octanol–water partition coefficient (Wildman–Crippen LogP) is 4.02. The Labute approximate surface area is 146 Å². The number of pyridine rings is 1. The molecule has 0 aliphatic carbocycles. The highest BCUT2D eigenvalue weighted by atomic mass is 15.3. The molecule has 1 N–H and O–H groups in total. The maximum Gasteiger partial charge on any atom is 0.165 e. The summed E-state index contributed by atoms with van der Waals surface area (Å²) < 4.78 is 1.86. The number of anilines is 1. The first-order chi connectivity index (χ1) is 12.2. The zero-order valence-corrected chi connectivity index (χ0v) is 14.3. The number of nitrogens with one attached hydrogen (secondary N) is 1. The summed E-state index contributed by atoms with van der Waals surface area (Å²) in [5.41, 5.74) is 6.33. The van der Waals surface area contributed by atoms with Crippen LogP contribution in [-0.4, -0.2) is 19.6 Å². The number of nitrogens with zero attached hydrogens (tertiary/aromatic N) is 4.